The zero-order chi connectivity index (χ0) is 20.3. The fourth-order valence-electron chi connectivity index (χ4n) is 2.78. The van der Waals surface area contributed by atoms with Crippen LogP contribution in [0.4, 0.5) is 11.4 Å². The molecule has 142 valence electrons. The Hall–Kier alpha value is -3.81. The normalized spacial score (nSPS) is 10.5. The van der Waals surface area contributed by atoms with Crippen molar-refractivity contribution in [3.63, 3.8) is 0 Å². The molecule has 8 heteroatoms. The van der Waals surface area contributed by atoms with E-state index >= 15 is 0 Å². The first-order valence-corrected chi connectivity index (χ1v) is 8.54. The number of hydrogen-bond acceptors (Lipinski definition) is 5. The lowest BCUT2D eigenvalue weighted by Gasteiger charge is -2.10. The van der Waals surface area contributed by atoms with Crippen LogP contribution in [-0.4, -0.2) is 20.6 Å². The Morgan fingerprint density at radius 1 is 1.14 bits per heavy atom. The van der Waals surface area contributed by atoms with Crippen LogP contribution in [0.3, 0.4) is 0 Å². The number of hydrogen-bond donors (Lipinski definition) is 1. The van der Waals surface area contributed by atoms with Crippen LogP contribution >= 0.6 is 0 Å². The lowest BCUT2D eigenvalue weighted by molar-refractivity contribution is -0.383. The number of aromatic nitrogens is 2. The number of nitrogens with zero attached hydrogens (tertiary/aromatic N) is 3. The first-order chi connectivity index (χ1) is 13.3. The Morgan fingerprint density at radius 3 is 2.64 bits per heavy atom. The Morgan fingerprint density at radius 2 is 1.89 bits per heavy atom. The molecule has 1 aromatic heterocycles. The Labute approximate surface area is 160 Å². The topological polar surface area (TPSA) is 107 Å². The highest BCUT2D eigenvalue weighted by atomic mass is 16.6. The molecule has 1 heterocycles. The number of aryl methyl sites for hydroxylation is 2. The van der Waals surface area contributed by atoms with Gasteiger partial charge in [0, 0.05) is 17.7 Å². The molecule has 1 N–H and O–H groups in total. The molecular weight excluding hydrogens is 360 g/mol. The molecular formula is C20H18N4O4. The van der Waals surface area contributed by atoms with E-state index < -0.39 is 16.4 Å². The number of benzene rings is 2. The maximum absolute atomic E-state index is 12.3. The predicted molar refractivity (Wildman–Crippen MR) is 105 cm³/mol. The molecule has 0 aliphatic rings. The van der Waals surface area contributed by atoms with Crippen molar-refractivity contribution < 1.29 is 9.72 Å². The third kappa shape index (κ3) is 4.12. The largest absolute Gasteiger partial charge is 0.319 e. The van der Waals surface area contributed by atoms with Gasteiger partial charge in [0.25, 0.3) is 11.2 Å². The van der Waals surface area contributed by atoms with Gasteiger partial charge < -0.3 is 5.32 Å². The van der Waals surface area contributed by atoms with Crippen LogP contribution in [0.1, 0.15) is 11.1 Å². The third-order valence-electron chi connectivity index (χ3n) is 4.20. The summed E-state index contributed by atoms with van der Waals surface area (Å²) in [7, 11) is 0. The number of carbonyl (C=O) groups is 1. The number of anilines is 1. The number of carbonyl (C=O) groups excluding carboxylic acids is 1. The van der Waals surface area contributed by atoms with Crippen molar-refractivity contribution >= 4 is 17.3 Å². The van der Waals surface area contributed by atoms with Crippen LogP contribution in [-0.2, 0) is 11.3 Å². The van der Waals surface area contributed by atoms with Gasteiger partial charge in [-0.1, -0.05) is 29.8 Å². The fourth-order valence-corrected chi connectivity index (χ4v) is 2.78. The van der Waals surface area contributed by atoms with Crippen LogP contribution in [0.2, 0.25) is 0 Å². The van der Waals surface area contributed by atoms with Gasteiger partial charge in [-0.15, -0.1) is 0 Å². The predicted octanol–water partition coefficient (Wildman–Crippen LogP) is 3.07. The van der Waals surface area contributed by atoms with Gasteiger partial charge in [-0.3, -0.25) is 19.7 Å². The molecule has 28 heavy (non-hydrogen) atoms. The van der Waals surface area contributed by atoms with Crippen molar-refractivity contribution in [2.45, 2.75) is 20.4 Å². The van der Waals surface area contributed by atoms with Crippen molar-refractivity contribution in [1.29, 1.82) is 0 Å². The van der Waals surface area contributed by atoms with E-state index in [1.54, 1.807) is 12.1 Å². The zero-order valence-electron chi connectivity index (χ0n) is 15.4. The van der Waals surface area contributed by atoms with Crippen molar-refractivity contribution in [3.05, 3.63) is 86.2 Å². The van der Waals surface area contributed by atoms with E-state index in [0.29, 0.717) is 5.69 Å². The van der Waals surface area contributed by atoms with E-state index in [0.717, 1.165) is 21.4 Å². The molecule has 2 aromatic carbocycles. The maximum Gasteiger partial charge on any atom is 0.292 e. The van der Waals surface area contributed by atoms with Crippen molar-refractivity contribution in [1.82, 2.24) is 9.78 Å². The minimum absolute atomic E-state index is 0.0660. The SMILES string of the molecule is Cc1ccc(C)c(-c2ccc(=O)n(CC(=O)Nc3ccccc3[N+](=O)[O-])n2)c1. The standard InChI is InChI=1S/C20H18N4O4/c1-13-7-8-14(2)15(11-13)16-9-10-20(26)23(22-16)12-19(25)21-17-5-3-4-6-18(17)24(27)28/h3-11H,12H2,1-2H3,(H,21,25). The summed E-state index contributed by atoms with van der Waals surface area (Å²) >= 11 is 0. The van der Waals surface area contributed by atoms with Crippen LogP contribution < -0.4 is 10.9 Å². The van der Waals surface area contributed by atoms with Crippen LogP contribution in [0.5, 0.6) is 0 Å². The van der Waals surface area contributed by atoms with Gasteiger partial charge in [0.2, 0.25) is 5.91 Å². The smallest absolute Gasteiger partial charge is 0.292 e. The number of rotatable bonds is 5. The second kappa shape index (κ2) is 7.83. The highest BCUT2D eigenvalue weighted by molar-refractivity contribution is 5.92. The van der Waals surface area contributed by atoms with Gasteiger partial charge >= 0.3 is 0 Å². The zero-order valence-corrected chi connectivity index (χ0v) is 15.4. The molecule has 1 amide bonds. The summed E-state index contributed by atoms with van der Waals surface area (Å²) < 4.78 is 1.04. The number of nitro groups is 1. The second-order valence-corrected chi connectivity index (χ2v) is 6.36. The summed E-state index contributed by atoms with van der Waals surface area (Å²) in [5.74, 6) is -0.581. The number of nitrogens with one attached hydrogen (secondary N) is 1. The molecule has 0 atom stereocenters. The van der Waals surface area contributed by atoms with Gasteiger partial charge in [0.05, 0.1) is 10.6 Å². The van der Waals surface area contributed by atoms with E-state index in [9.17, 15) is 19.7 Å². The lowest BCUT2D eigenvalue weighted by Crippen LogP contribution is -2.29. The summed E-state index contributed by atoms with van der Waals surface area (Å²) in [6.07, 6.45) is 0. The van der Waals surface area contributed by atoms with Crippen LogP contribution in [0.25, 0.3) is 11.3 Å². The monoisotopic (exact) mass is 378 g/mol. The van der Waals surface area contributed by atoms with Gasteiger partial charge in [-0.05, 0) is 37.6 Å². The van der Waals surface area contributed by atoms with Gasteiger partial charge in [-0.25, -0.2) is 4.68 Å². The lowest BCUT2D eigenvalue weighted by atomic mass is 10.0. The first-order valence-electron chi connectivity index (χ1n) is 8.54. The van der Waals surface area contributed by atoms with Gasteiger partial charge in [0.1, 0.15) is 12.2 Å². The van der Waals surface area contributed by atoms with E-state index in [4.69, 9.17) is 0 Å². The van der Waals surface area contributed by atoms with Gasteiger partial charge in [-0.2, -0.15) is 5.10 Å². The molecule has 0 radical (unpaired) electrons. The van der Waals surface area contributed by atoms with Crippen LogP contribution in [0, 0.1) is 24.0 Å². The summed E-state index contributed by atoms with van der Waals surface area (Å²) in [5, 5.41) is 17.8. The molecule has 0 aliphatic heterocycles. The average Bonchev–Trinajstić information content (AvgIpc) is 2.66. The van der Waals surface area contributed by atoms with E-state index in [2.05, 4.69) is 10.4 Å². The number of nitro benzene ring substituents is 1. The Bertz CT molecular complexity index is 1120. The Balaban J connectivity index is 1.87. The van der Waals surface area contributed by atoms with E-state index in [-0.39, 0.29) is 17.9 Å². The van der Waals surface area contributed by atoms with Crippen molar-refractivity contribution in [2.75, 3.05) is 5.32 Å². The molecule has 0 saturated heterocycles. The molecule has 0 unspecified atom stereocenters. The van der Waals surface area contributed by atoms with E-state index in [1.807, 2.05) is 32.0 Å². The summed E-state index contributed by atoms with van der Waals surface area (Å²) in [6, 6.07) is 14.7. The molecule has 3 aromatic rings. The van der Waals surface area contributed by atoms with Crippen molar-refractivity contribution in [3.8, 4) is 11.3 Å². The summed E-state index contributed by atoms with van der Waals surface area (Å²) in [5.41, 5.74) is 2.89. The highest BCUT2D eigenvalue weighted by Crippen LogP contribution is 2.23. The fraction of sp³-hybridized carbons (Fsp3) is 0.150. The van der Waals surface area contributed by atoms with Crippen LogP contribution in [0.15, 0.2) is 59.4 Å². The third-order valence-corrected chi connectivity index (χ3v) is 4.20. The molecule has 0 fully saturated rings. The minimum Gasteiger partial charge on any atom is -0.319 e. The van der Waals surface area contributed by atoms with Gasteiger partial charge in [0.15, 0.2) is 0 Å². The average molecular weight is 378 g/mol. The molecule has 3 rings (SSSR count). The molecule has 8 nitrogen and oxygen atoms in total. The van der Waals surface area contributed by atoms with Crippen molar-refractivity contribution in [2.24, 2.45) is 0 Å². The molecule has 0 aliphatic carbocycles. The molecule has 0 bridgehead atoms. The number of para-hydroxylation sites is 2. The molecule has 0 saturated carbocycles. The summed E-state index contributed by atoms with van der Waals surface area (Å²) in [4.78, 5) is 35.0. The number of amides is 1. The molecule has 0 spiro atoms. The Kier molecular flexibility index (Phi) is 5.30. The quantitative estimate of drug-likeness (QED) is 0.542. The second-order valence-electron chi connectivity index (χ2n) is 6.36. The minimum atomic E-state index is -0.582. The highest BCUT2D eigenvalue weighted by Gasteiger charge is 2.16. The van der Waals surface area contributed by atoms with E-state index in [1.165, 1.54) is 24.3 Å². The maximum atomic E-state index is 12.3. The summed E-state index contributed by atoms with van der Waals surface area (Å²) in [6.45, 7) is 3.54. The first kappa shape index (κ1) is 19.0.